The predicted molar refractivity (Wildman–Crippen MR) is 89.9 cm³/mol. The Hall–Kier alpha value is -2.50. The summed E-state index contributed by atoms with van der Waals surface area (Å²) in [6, 6.07) is 3.96. The maximum absolute atomic E-state index is 13.4. The first-order valence-corrected chi connectivity index (χ1v) is 8.49. The molecule has 0 unspecified atom stereocenters. The smallest absolute Gasteiger partial charge is 0.233 e. The van der Waals surface area contributed by atoms with Crippen LogP contribution in [-0.2, 0) is 23.2 Å². The number of amides is 1. The first-order valence-electron chi connectivity index (χ1n) is 8.49. The molecular formula is C18H21N5O. The van der Waals surface area contributed by atoms with Gasteiger partial charge in [-0.2, -0.15) is 0 Å². The number of hydrogen-bond acceptors (Lipinski definition) is 5. The van der Waals surface area contributed by atoms with Gasteiger partial charge in [-0.3, -0.25) is 9.78 Å². The van der Waals surface area contributed by atoms with Crippen LogP contribution in [0.1, 0.15) is 42.5 Å². The number of carbonyl (C=O) groups excluding carboxylic acids is 1. The molecule has 1 saturated carbocycles. The lowest BCUT2D eigenvalue weighted by atomic mass is 9.78. The van der Waals surface area contributed by atoms with Gasteiger partial charge in [0.05, 0.1) is 11.1 Å². The van der Waals surface area contributed by atoms with Crippen LogP contribution in [0, 0.1) is 0 Å². The SMILES string of the molecule is Nc1ncc2c(n1)CCN(C(=O)C1(c3cccnc3)CCCC1)C2. The molecular weight excluding hydrogens is 302 g/mol. The Kier molecular flexibility index (Phi) is 3.67. The van der Waals surface area contributed by atoms with Crippen molar-refractivity contribution in [3.8, 4) is 0 Å². The van der Waals surface area contributed by atoms with Gasteiger partial charge in [0.25, 0.3) is 0 Å². The van der Waals surface area contributed by atoms with Gasteiger partial charge in [0.1, 0.15) is 0 Å². The standard InChI is InChI=1S/C18H21N5O/c19-17-21-10-13-12-23(9-5-15(13)22-17)16(24)18(6-1-2-7-18)14-4-3-8-20-11-14/h3-4,8,10-11H,1-2,5-7,9,12H2,(H2,19,21,22). The van der Waals surface area contributed by atoms with E-state index < -0.39 is 5.41 Å². The first-order chi connectivity index (χ1) is 11.7. The number of pyridine rings is 1. The topological polar surface area (TPSA) is 85.0 Å². The highest BCUT2D eigenvalue weighted by Gasteiger charge is 2.45. The maximum Gasteiger partial charge on any atom is 0.233 e. The molecule has 2 aromatic rings. The fraction of sp³-hybridized carbons (Fsp3) is 0.444. The molecule has 0 atom stereocenters. The third-order valence-corrected chi connectivity index (χ3v) is 5.32. The summed E-state index contributed by atoms with van der Waals surface area (Å²) in [6.45, 7) is 1.25. The van der Waals surface area contributed by atoms with Crippen molar-refractivity contribution in [1.82, 2.24) is 19.9 Å². The van der Waals surface area contributed by atoms with Crippen LogP contribution in [0.2, 0.25) is 0 Å². The summed E-state index contributed by atoms with van der Waals surface area (Å²) in [4.78, 5) is 28.0. The van der Waals surface area contributed by atoms with E-state index in [1.54, 1.807) is 12.4 Å². The van der Waals surface area contributed by atoms with E-state index in [1.807, 2.05) is 23.2 Å². The average Bonchev–Trinajstić information content (AvgIpc) is 3.12. The number of aromatic nitrogens is 3. The zero-order chi connectivity index (χ0) is 16.6. The van der Waals surface area contributed by atoms with Crippen molar-refractivity contribution in [1.29, 1.82) is 0 Å². The van der Waals surface area contributed by atoms with Crippen molar-refractivity contribution in [2.24, 2.45) is 0 Å². The monoisotopic (exact) mass is 323 g/mol. The number of hydrogen-bond donors (Lipinski definition) is 1. The lowest BCUT2D eigenvalue weighted by molar-refractivity contribution is -0.138. The highest BCUT2D eigenvalue weighted by molar-refractivity contribution is 5.88. The molecule has 0 saturated heterocycles. The molecule has 1 aliphatic carbocycles. The van der Waals surface area contributed by atoms with Gasteiger partial charge in [0.2, 0.25) is 11.9 Å². The molecule has 0 bridgehead atoms. The Bertz CT molecular complexity index is 755. The summed E-state index contributed by atoms with van der Waals surface area (Å²) < 4.78 is 0. The molecule has 6 heteroatoms. The molecule has 0 radical (unpaired) electrons. The van der Waals surface area contributed by atoms with Gasteiger partial charge >= 0.3 is 0 Å². The van der Waals surface area contributed by atoms with Crippen LogP contribution in [-0.4, -0.2) is 32.3 Å². The Morgan fingerprint density at radius 3 is 2.83 bits per heavy atom. The van der Waals surface area contributed by atoms with Crippen molar-refractivity contribution < 1.29 is 4.79 Å². The first kappa shape index (κ1) is 15.1. The zero-order valence-corrected chi connectivity index (χ0v) is 13.6. The quantitative estimate of drug-likeness (QED) is 0.911. The molecule has 1 fully saturated rings. The third-order valence-electron chi connectivity index (χ3n) is 5.32. The van der Waals surface area contributed by atoms with E-state index in [-0.39, 0.29) is 5.91 Å². The van der Waals surface area contributed by atoms with Gasteiger partial charge in [0, 0.05) is 43.7 Å². The number of nitrogen functional groups attached to an aromatic ring is 1. The molecule has 0 spiro atoms. The summed E-state index contributed by atoms with van der Waals surface area (Å²) in [5.74, 6) is 0.520. The normalized spacial score (nSPS) is 19.1. The molecule has 2 aromatic heterocycles. The number of fused-ring (bicyclic) bond motifs is 1. The van der Waals surface area contributed by atoms with Crippen LogP contribution < -0.4 is 5.73 Å². The van der Waals surface area contributed by atoms with Crippen molar-refractivity contribution in [3.05, 3.63) is 47.5 Å². The number of nitrogens with two attached hydrogens (primary N) is 1. The van der Waals surface area contributed by atoms with Crippen LogP contribution in [0.5, 0.6) is 0 Å². The van der Waals surface area contributed by atoms with Gasteiger partial charge < -0.3 is 10.6 Å². The molecule has 124 valence electrons. The maximum atomic E-state index is 13.4. The van der Waals surface area contributed by atoms with Crippen LogP contribution in [0.15, 0.2) is 30.7 Å². The van der Waals surface area contributed by atoms with Crippen LogP contribution >= 0.6 is 0 Å². The molecule has 24 heavy (non-hydrogen) atoms. The Morgan fingerprint density at radius 1 is 1.25 bits per heavy atom. The lowest BCUT2D eigenvalue weighted by Gasteiger charge is -2.37. The summed E-state index contributed by atoms with van der Waals surface area (Å²) in [7, 11) is 0. The molecule has 6 nitrogen and oxygen atoms in total. The fourth-order valence-electron chi connectivity index (χ4n) is 4.06. The molecule has 0 aromatic carbocycles. The minimum absolute atomic E-state index is 0.218. The highest BCUT2D eigenvalue weighted by atomic mass is 16.2. The highest BCUT2D eigenvalue weighted by Crippen LogP contribution is 2.43. The van der Waals surface area contributed by atoms with Gasteiger partial charge in [-0.05, 0) is 24.5 Å². The van der Waals surface area contributed by atoms with E-state index in [0.717, 1.165) is 48.9 Å². The number of carbonyl (C=O) groups is 1. The van der Waals surface area contributed by atoms with Gasteiger partial charge in [-0.1, -0.05) is 18.9 Å². The van der Waals surface area contributed by atoms with Gasteiger partial charge in [-0.15, -0.1) is 0 Å². The molecule has 1 amide bonds. The van der Waals surface area contributed by atoms with Crippen molar-refractivity contribution in [2.45, 2.75) is 44.1 Å². The van der Waals surface area contributed by atoms with Crippen LogP contribution in [0.4, 0.5) is 5.95 Å². The Balaban J connectivity index is 1.64. The second-order valence-electron chi connectivity index (χ2n) is 6.71. The number of nitrogens with zero attached hydrogens (tertiary/aromatic N) is 4. The Labute approximate surface area is 141 Å². The van der Waals surface area contributed by atoms with E-state index in [0.29, 0.717) is 19.0 Å². The van der Waals surface area contributed by atoms with Crippen LogP contribution in [0.25, 0.3) is 0 Å². The van der Waals surface area contributed by atoms with Crippen molar-refractivity contribution >= 4 is 11.9 Å². The van der Waals surface area contributed by atoms with E-state index in [4.69, 9.17) is 5.73 Å². The zero-order valence-electron chi connectivity index (χ0n) is 13.6. The average molecular weight is 323 g/mol. The molecule has 1 aliphatic heterocycles. The van der Waals surface area contributed by atoms with E-state index >= 15 is 0 Å². The van der Waals surface area contributed by atoms with E-state index in [2.05, 4.69) is 15.0 Å². The number of rotatable bonds is 2. The number of anilines is 1. The third kappa shape index (κ3) is 2.42. The Morgan fingerprint density at radius 2 is 2.08 bits per heavy atom. The van der Waals surface area contributed by atoms with Crippen molar-refractivity contribution in [3.63, 3.8) is 0 Å². The minimum Gasteiger partial charge on any atom is -0.368 e. The molecule has 2 aliphatic rings. The second kappa shape index (κ2) is 5.85. The van der Waals surface area contributed by atoms with Gasteiger partial charge in [0.15, 0.2) is 0 Å². The largest absolute Gasteiger partial charge is 0.368 e. The summed E-state index contributed by atoms with van der Waals surface area (Å²) in [6.07, 6.45) is 10.1. The second-order valence-corrected chi connectivity index (χ2v) is 6.71. The van der Waals surface area contributed by atoms with Gasteiger partial charge in [-0.25, -0.2) is 9.97 Å². The van der Waals surface area contributed by atoms with Crippen molar-refractivity contribution in [2.75, 3.05) is 12.3 Å². The minimum atomic E-state index is -0.416. The van der Waals surface area contributed by atoms with Crippen LogP contribution in [0.3, 0.4) is 0 Å². The lowest BCUT2D eigenvalue weighted by Crippen LogP contribution is -2.47. The van der Waals surface area contributed by atoms with E-state index in [1.165, 1.54) is 0 Å². The summed E-state index contributed by atoms with van der Waals surface area (Å²) in [5, 5.41) is 0. The fourth-order valence-corrected chi connectivity index (χ4v) is 4.06. The van der Waals surface area contributed by atoms with E-state index in [9.17, 15) is 4.79 Å². The molecule has 2 N–H and O–H groups in total. The molecule has 4 rings (SSSR count). The summed E-state index contributed by atoms with van der Waals surface area (Å²) in [5.41, 5.74) is 8.26. The molecule has 3 heterocycles. The predicted octanol–water partition coefficient (Wildman–Crippen LogP) is 1.85. The summed E-state index contributed by atoms with van der Waals surface area (Å²) >= 11 is 0.